The highest BCUT2D eigenvalue weighted by Crippen LogP contribution is 2.55. The van der Waals surface area contributed by atoms with Gasteiger partial charge in [-0.3, -0.25) is 4.79 Å². The van der Waals surface area contributed by atoms with Crippen molar-refractivity contribution < 1.29 is 4.79 Å². The Labute approximate surface area is 133 Å². The molecule has 0 heterocycles. The van der Waals surface area contributed by atoms with E-state index in [2.05, 4.69) is 10.6 Å². The first-order chi connectivity index (χ1) is 8.69. The molecule has 0 saturated heterocycles. The summed E-state index contributed by atoms with van der Waals surface area (Å²) in [5, 5.41) is 6.42. The molecule has 0 aromatic carbocycles. The summed E-state index contributed by atoms with van der Waals surface area (Å²) in [6.45, 7) is 1.72. The fourth-order valence-corrected chi connectivity index (χ4v) is 4.91. The van der Waals surface area contributed by atoms with E-state index >= 15 is 0 Å². The lowest BCUT2D eigenvalue weighted by atomic mass is 9.53. The second-order valence-electron chi connectivity index (χ2n) is 6.71. The van der Waals surface area contributed by atoms with Crippen LogP contribution in [0.25, 0.3) is 0 Å². The van der Waals surface area contributed by atoms with Gasteiger partial charge in [-0.15, -0.1) is 24.8 Å². The van der Waals surface area contributed by atoms with Gasteiger partial charge in [-0.25, -0.2) is 0 Å². The first-order valence-corrected chi connectivity index (χ1v) is 7.41. The Morgan fingerprint density at radius 1 is 1.05 bits per heavy atom. The fourth-order valence-electron chi connectivity index (χ4n) is 4.91. The average Bonchev–Trinajstić information content (AvgIpc) is 2.26. The number of hydrogen-bond donors (Lipinski definition) is 3. The van der Waals surface area contributed by atoms with Gasteiger partial charge in [0.1, 0.15) is 0 Å². The van der Waals surface area contributed by atoms with Crippen LogP contribution in [-0.2, 0) is 4.79 Å². The number of halogens is 2. The molecular formula is C14H27Cl2N3O. The molecule has 4 rings (SSSR count). The SMILES string of the molecule is Cl.Cl.NCCNCC(=O)NC12CC3CC(CC(C3)C1)C2. The molecule has 1 amide bonds. The molecule has 6 heteroatoms. The molecule has 0 unspecified atom stereocenters. The molecule has 4 saturated carbocycles. The molecule has 4 aliphatic rings. The molecule has 4 bridgehead atoms. The number of carbonyl (C=O) groups excluding carboxylic acids is 1. The van der Waals surface area contributed by atoms with Crippen LogP contribution in [0.5, 0.6) is 0 Å². The number of nitrogens with two attached hydrogens (primary N) is 1. The number of hydrogen-bond acceptors (Lipinski definition) is 3. The molecule has 118 valence electrons. The Kier molecular flexibility index (Phi) is 6.58. The van der Waals surface area contributed by atoms with E-state index in [1.54, 1.807) is 0 Å². The van der Waals surface area contributed by atoms with Gasteiger partial charge in [0.25, 0.3) is 0 Å². The fraction of sp³-hybridized carbons (Fsp3) is 0.929. The van der Waals surface area contributed by atoms with E-state index in [1.165, 1.54) is 38.5 Å². The van der Waals surface area contributed by atoms with Gasteiger partial charge in [-0.05, 0) is 56.3 Å². The van der Waals surface area contributed by atoms with E-state index in [-0.39, 0.29) is 36.3 Å². The van der Waals surface area contributed by atoms with Crippen molar-refractivity contribution in [1.29, 1.82) is 0 Å². The van der Waals surface area contributed by atoms with Crippen LogP contribution in [0.3, 0.4) is 0 Å². The van der Waals surface area contributed by atoms with Gasteiger partial charge in [-0.1, -0.05) is 0 Å². The van der Waals surface area contributed by atoms with Crippen LogP contribution >= 0.6 is 24.8 Å². The summed E-state index contributed by atoms with van der Waals surface area (Å²) in [4.78, 5) is 12.0. The Hall–Kier alpha value is -0.0300. The van der Waals surface area contributed by atoms with E-state index in [4.69, 9.17) is 5.73 Å². The normalized spacial score (nSPS) is 37.0. The summed E-state index contributed by atoms with van der Waals surface area (Å²) >= 11 is 0. The first-order valence-electron chi connectivity index (χ1n) is 7.41. The van der Waals surface area contributed by atoms with Crippen molar-refractivity contribution in [3.8, 4) is 0 Å². The van der Waals surface area contributed by atoms with Gasteiger partial charge in [0.15, 0.2) is 0 Å². The number of rotatable bonds is 5. The summed E-state index contributed by atoms with van der Waals surface area (Å²) in [5.41, 5.74) is 5.56. The highest BCUT2D eigenvalue weighted by atomic mass is 35.5. The Balaban J connectivity index is 0.000001000. The molecule has 4 nitrogen and oxygen atoms in total. The maximum atomic E-state index is 12.0. The van der Waals surface area contributed by atoms with Crippen molar-refractivity contribution in [2.24, 2.45) is 23.5 Å². The summed E-state index contributed by atoms with van der Waals surface area (Å²) in [6.07, 6.45) is 7.92. The van der Waals surface area contributed by atoms with Crippen molar-refractivity contribution >= 4 is 30.7 Å². The third-order valence-corrected chi connectivity index (χ3v) is 5.05. The number of carbonyl (C=O) groups is 1. The molecule has 0 spiro atoms. The van der Waals surface area contributed by atoms with Gasteiger partial charge >= 0.3 is 0 Å². The first kappa shape index (κ1) is 18.0. The van der Waals surface area contributed by atoms with Crippen molar-refractivity contribution in [1.82, 2.24) is 10.6 Å². The van der Waals surface area contributed by atoms with Gasteiger partial charge < -0.3 is 16.4 Å². The molecule has 4 N–H and O–H groups in total. The predicted octanol–water partition coefficient (Wildman–Crippen LogP) is 1.46. The zero-order valence-electron chi connectivity index (χ0n) is 11.9. The zero-order chi connectivity index (χ0) is 12.6. The highest BCUT2D eigenvalue weighted by molar-refractivity contribution is 5.85. The van der Waals surface area contributed by atoms with E-state index in [0.29, 0.717) is 19.6 Å². The van der Waals surface area contributed by atoms with Crippen LogP contribution in [0.4, 0.5) is 0 Å². The second-order valence-corrected chi connectivity index (χ2v) is 6.71. The number of nitrogens with one attached hydrogen (secondary N) is 2. The van der Waals surface area contributed by atoms with E-state index in [0.717, 1.165) is 17.8 Å². The van der Waals surface area contributed by atoms with Crippen molar-refractivity contribution in [2.75, 3.05) is 19.6 Å². The van der Waals surface area contributed by atoms with Crippen LogP contribution < -0.4 is 16.4 Å². The van der Waals surface area contributed by atoms with E-state index < -0.39 is 0 Å². The third kappa shape index (κ3) is 3.79. The molecule has 0 aromatic rings. The van der Waals surface area contributed by atoms with Crippen molar-refractivity contribution in [3.05, 3.63) is 0 Å². The molecule has 20 heavy (non-hydrogen) atoms. The Morgan fingerprint density at radius 2 is 1.55 bits per heavy atom. The van der Waals surface area contributed by atoms with Crippen molar-refractivity contribution in [3.63, 3.8) is 0 Å². The van der Waals surface area contributed by atoms with Crippen LogP contribution in [0, 0.1) is 17.8 Å². The summed E-state index contributed by atoms with van der Waals surface area (Å²) in [7, 11) is 0. The highest BCUT2D eigenvalue weighted by Gasteiger charge is 2.51. The third-order valence-electron chi connectivity index (χ3n) is 5.05. The lowest BCUT2D eigenvalue weighted by molar-refractivity contribution is -0.125. The van der Waals surface area contributed by atoms with Gasteiger partial charge in [-0.2, -0.15) is 0 Å². The summed E-state index contributed by atoms with van der Waals surface area (Å²) in [5.74, 6) is 2.81. The van der Waals surface area contributed by atoms with Gasteiger partial charge in [0, 0.05) is 18.6 Å². The number of amides is 1. The summed E-state index contributed by atoms with van der Waals surface area (Å²) < 4.78 is 0. The standard InChI is InChI=1S/C14H25N3O.2ClH/c15-1-2-16-9-13(18)17-14-6-10-3-11(7-14)5-12(4-10)8-14;;/h10-12,16H,1-9,15H2,(H,17,18);2*1H. The minimum Gasteiger partial charge on any atom is -0.350 e. The lowest BCUT2D eigenvalue weighted by Crippen LogP contribution is -2.60. The Bertz CT molecular complexity index is 303. The monoisotopic (exact) mass is 323 g/mol. The minimum atomic E-state index is 0. The molecule has 4 aliphatic carbocycles. The molecule has 0 aromatic heterocycles. The van der Waals surface area contributed by atoms with Crippen LogP contribution in [-0.4, -0.2) is 31.1 Å². The largest absolute Gasteiger partial charge is 0.350 e. The molecular weight excluding hydrogens is 297 g/mol. The van der Waals surface area contributed by atoms with Gasteiger partial charge in [0.05, 0.1) is 6.54 Å². The summed E-state index contributed by atoms with van der Waals surface area (Å²) in [6, 6.07) is 0. The Morgan fingerprint density at radius 3 is 2.00 bits per heavy atom. The maximum absolute atomic E-state index is 12.0. The quantitative estimate of drug-likeness (QED) is 0.671. The minimum absolute atomic E-state index is 0. The van der Waals surface area contributed by atoms with Crippen LogP contribution in [0.1, 0.15) is 38.5 Å². The molecule has 0 atom stereocenters. The van der Waals surface area contributed by atoms with E-state index in [9.17, 15) is 4.79 Å². The second kappa shape index (κ2) is 7.30. The maximum Gasteiger partial charge on any atom is 0.234 e. The van der Waals surface area contributed by atoms with Crippen LogP contribution in [0.15, 0.2) is 0 Å². The molecule has 0 aliphatic heterocycles. The van der Waals surface area contributed by atoms with Crippen LogP contribution in [0.2, 0.25) is 0 Å². The molecule has 4 fully saturated rings. The topological polar surface area (TPSA) is 67.1 Å². The van der Waals surface area contributed by atoms with Gasteiger partial charge in [0.2, 0.25) is 5.91 Å². The lowest BCUT2D eigenvalue weighted by Gasteiger charge is -2.56. The predicted molar refractivity (Wildman–Crippen MR) is 85.5 cm³/mol. The smallest absolute Gasteiger partial charge is 0.234 e. The van der Waals surface area contributed by atoms with E-state index in [1.807, 2.05) is 0 Å². The average molecular weight is 324 g/mol. The van der Waals surface area contributed by atoms with Crippen molar-refractivity contribution in [2.45, 2.75) is 44.1 Å². The zero-order valence-corrected chi connectivity index (χ0v) is 13.5. The molecule has 0 radical (unpaired) electrons.